The maximum atomic E-state index is 12.3. The first-order chi connectivity index (χ1) is 15.3. The molecule has 0 atom stereocenters. The number of esters is 1. The number of aromatic nitrogens is 6. The summed E-state index contributed by atoms with van der Waals surface area (Å²) in [4.78, 5) is 35.9. The van der Waals surface area contributed by atoms with Crippen molar-refractivity contribution in [1.82, 2.24) is 29.9 Å². The van der Waals surface area contributed by atoms with Gasteiger partial charge in [0.25, 0.3) is 0 Å². The summed E-state index contributed by atoms with van der Waals surface area (Å²) in [7, 11) is -3.61. The molecule has 0 aliphatic rings. The largest absolute Gasteiger partial charge is 0.438 e. The Morgan fingerprint density at radius 2 is 1.41 bits per heavy atom. The van der Waals surface area contributed by atoms with E-state index in [1.165, 1.54) is 24.8 Å². The summed E-state index contributed by atoms with van der Waals surface area (Å²) in [6, 6.07) is 0. The fraction of sp³-hybridized carbons (Fsp3) is 0.350. The van der Waals surface area contributed by atoms with E-state index in [1.54, 1.807) is 19.3 Å². The molecule has 0 unspecified atom stereocenters. The van der Waals surface area contributed by atoms with Crippen LogP contribution in [0.3, 0.4) is 0 Å². The average Bonchev–Trinajstić information content (AvgIpc) is 2.78. The van der Waals surface area contributed by atoms with Gasteiger partial charge in [-0.2, -0.15) is 0 Å². The number of hydrogen-bond acceptors (Lipinski definition) is 11. The second kappa shape index (κ2) is 10.8. The number of ether oxygens (including phenoxy) is 2. The van der Waals surface area contributed by atoms with Crippen LogP contribution in [-0.4, -0.2) is 56.8 Å². The van der Waals surface area contributed by atoms with E-state index in [0.29, 0.717) is 11.4 Å². The minimum absolute atomic E-state index is 0.120. The molecule has 0 fully saturated rings. The Balaban J connectivity index is 1.41. The molecule has 0 aliphatic heterocycles. The smallest absolute Gasteiger partial charge is 0.315 e. The van der Waals surface area contributed by atoms with Crippen molar-refractivity contribution in [3.63, 3.8) is 0 Å². The maximum absolute atomic E-state index is 12.3. The zero-order chi connectivity index (χ0) is 23.0. The molecule has 0 spiro atoms. The second-order valence-corrected chi connectivity index (χ2v) is 8.96. The minimum atomic E-state index is -3.61. The standard InChI is InChI=1S/C20H22N6O5S/c1-14-6-21-18(22-7-14)12-30-13-31-19(27)5-17-23-10-16(11-24-17)3-4-32(28,29)20-25-8-15(2)9-26-20/h6-11H,3-5,12-13H2,1-2H3. The molecular formula is C20H22N6O5S. The molecule has 12 heteroatoms. The van der Waals surface area contributed by atoms with Crippen LogP contribution in [-0.2, 0) is 43.6 Å². The monoisotopic (exact) mass is 458 g/mol. The molecule has 32 heavy (non-hydrogen) atoms. The Morgan fingerprint density at radius 1 is 0.844 bits per heavy atom. The second-order valence-electron chi connectivity index (χ2n) is 6.96. The third-order valence-corrected chi connectivity index (χ3v) is 5.63. The molecule has 3 heterocycles. The lowest BCUT2D eigenvalue weighted by Gasteiger charge is -2.06. The van der Waals surface area contributed by atoms with Crippen molar-refractivity contribution in [1.29, 1.82) is 0 Å². The summed E-state index contributed by atoms with van der Waals surface area (Å²) in [5, 5.41) is -0.209. The van der Waals surface area contributed by atoms with Gasteiger partial charge in [0, 0.05) is 37.2 Å². The zero-order valence-corrected chi connectivity index (χ0v) is 18.4. The third-order valence-electron chi connectivity index (χ3n) is 4.12. The van der Waals surface area contributed by atoms with Gasteiger partial charge in [-0.05, 0) is 37.0 Å². The van der Waals surface area contributed by atoms with Crippen molar-refractivity contribution in [3.8, 4) is 0 Å². The minimum Gasteiger partial charge on any atom is -0.438 e. The lowest BCUT2D eigenvalue weighted by atomic mass is 10.2. The normalized spacial score (nSPS) is 11.3. The van der Waals surface area contributed by atoms with E-state index in [0.717, 1.165) is 11.1 Å². The van der Waals surface area contributed by atoms with E-state index < -0.39 is 15.8 Å². The maximum Gasteiger partial charge on any atom is 0.315 e. The van der Waals surface area contributed by atoms with E-state index >= 15 is 0 Å². The highest BCUT2D eigenvalue weighted by molar-refractivity contribution is 7.91. The number of aryl methyl sites for hydroxylation is 3. The highest BCUT2D eigenvalue weighted by Crippen LogP contribution is 2.08. The van der Waals surface area contributed by atoms with E-state index in [4.69, 9.17) is 9.47 Å². The molecule has 0 aliphatic carbocycles. The van der Waals surface area contributed by atoms with Crippen molar-refractivity contribution in [2.45, 2.75) is 38.5 Å². The van der Waals surface area contributed by atoms with Gasteiger partial charge in [0.05, 0.1) is 5.75 Å². The highest BCUT2D eigenvalue weighted by Gasteiger charge is 2.18. The molecule has 3 rings (SSSR count). The van der Waals surface area contributed by atoms with Gasteiger partial charge >= 0.3 is 5.97 Å². The SMILES string of the molecule is Cc1cnc(COCOC(=O)Cc2ncc(CCS(=O)(=O)c3ncc(C)cn3)cn2)nc1. The van der Waals surface area contributed by atoms with Gasteiger partial charge in [-0.3, -0.25) is 4.79 Å². The number of nitrogens with zero attached hydrogens (tertiary/aromatic N) is 6. The Morgan fingerprint density at radius 3 is 2.03 bits per heavy atom. The number of hydrogen-bond donors (Lipinski definition) is 0. The molecule has 0 aromatic carbocycles. The molecule has 168 valence electrons. The van der Waals surface area contributed by atoms with Crippen LogP contribution in [0, 0.1) is 13.8 Å². The third kappa shape index (κ3) is 7.10. The van der Waals surface area contributed by atoms with Crippen LogP contribution >= 0.6 is 0 Å². The predicted octanol–water partition coefficient (Wildman–Crippen LogP) is 0.950. The molecule has 3 aromatic rings. The van der Waals surface area contributed by atoms with Crippen LogP contribution < -0.4 is 0 Å². The van der Waals surface area contributed by atoms with Crippen molar-refractivity contribution < 1.29 is 22.7 Å². The Hall–Kier alpha value is -3.38. The van der Waals surface area contributed by atoms with Gasteiger partial charge in [-0.15, -0.1) is 0 Å². The topological polar surface area (TPSA) is 147 Å². The van der Waals surface area contributed by atoms with Crippen LogP contribution in [0.15, 0.2) is 42.3 Å². The summed E-state index contributed by atoms with van der Waals surface area (Å²) in [5.41, 5.74) is 2.32. The average molecular weight is 459 g/mol. The van der Waals surface area contributed by atoms with E-state index in [2.05, 4.69) is 29.9 Å². The van der Waals surface area contributed by atoms with Gasteiger partial charge in [0.15, 0.2) is 12.6 Å². The van der Waals surface area contributed by atoms with Crippen LogP contribution in [0.25, 0.3) is 0 Å². The zero-order valence-electron chi connectivity index (χ0n) is 17.6. The van der Waals surface area contributed by atoms with Gasteiger partial charge in [0.1, 0.15) is 18.9 Å². The summed E-state index contributed by atoms with van der Waals surface area (Å²) < 4.78 is 34.8. The quantitative estimate of drug-likeness (QED) is 0.185. The molecule has 3 aromatic heterocycles. The first kappa shape index (κ1) is 23.3. The number of carbonyl (C=O) groups excluding carboxylic acids is 1. The summed E-state index contributed by atoms with van der Waals surface area (Å²) in [6.07, 6.45) is 9.27. The molecule has 0 radical (unpaired) electrons. The predicted molar refractivity (Wildman–Crippen MR) is 111 cm³/mol. The summed E-state index contributed by atoms with van der Waals surface area (Å²) >= 11 is 0. The van der Waals surface area contributed by atoms with E-state index in [-0.39, 0.29) is 43.0 Å². The van der Waals surface area contributed by atoms with Crippen molar-refractivity contribution in [2.75, 3.05) is 12.5 Å². The molecule has 0 N–H and O–H groups in total. The van der Waals surface area contributed by atoms with E-state index in [9.17, 15) is 13.2 Å². The fourth-order valence-corrected chi connectivity index (χ4v) is 3.51. The van der Waals surface area contributed by atoms with Crippen LogP contribution in [0.1, 0.15) is 28.3 Å². The van der Waals surface area contributed by atoms with Crippen molar-refractivity contribution in [2.24, 2.45) is 0 Å². The Bertz CT molecular complexity index is 1140. The summed E-state index contributed by atoms with van der Waals surface area (Å²) in [6.45, 7) is 3.53. The van der Waals surface area contributed by atoms with Gasteiger partial charge in [0.2, 0.25) is 15.0 Å². The number of rotatable bonds is 10. The molecule has 0 saturated carbocycles. The van der Waals surface area contributed by atoms with E-state index in [1.807, 2.05) is 6.92 Å². The molecule has 11 nitrogen and oxygen atoms in total. The van der Waals surface area contributed by atoms with Crippen molar-refractivity contribution in [3.05, 3.63) is 65.5 Å². The van der Waals surface area contributed by atoms with Gasteiger partial charge in [-0.25, -0.2) is 38.3 Å². The van der Waals surface area contributed by atoms with Crippen LogP contribution in [0.4, 0.5) is 0 Å². The van der Waals surface area contributed by atoms with Crippen LogP contribution in [0.2, 0.25) is 0 Å². The molecule has 0 amide bonds. The summed E-state index contributed by atoms with van der Waals surface area (Å²) in [5.74, 6) is 0.0107. The molecule has 0 saturated heterocycles. The van der Waals surface area contributed by atoms with Gasteiger partial charge in [-0.1, -0.05) is 0 Å². The highest BCUT2D eigenvalue weighted by atomic mass is 32.2. The Labute approximate surface area is 185 Å². The first-order valence-corrected chi connectivity index (χ1v) is 11.3. The number of sulfone groups is 1. The molecule has 0 bridgehead atoms. The lowest BCUT2D eigenvalue weighted by molar-refractivity contribution is -0.156. The van der Waals surface area contributed by atoms with Crippen LogP contribution in [0.5, 0.6) is 0 Å². The van der Waals surface area contributed by atoms with Gasteiger partial charge < -0.3 is 9.47 Å². The first-order valence-electron chi connectivity index (χ1n) is 9.64. The Kier molecular flexibility index (Phi) is 7.84. The van der Waals surface area contributed by atoms with Crippen molar-refractivity contribution >= 4 is 15.8 Å². The molecular weight excluding hydrogens is 436 g/mol. The number of carbonyl (C=O) groups is 1. The lowest BCUT2D eigenvalue weighted by Crippen LogP contribution is -2.14. The fourth-order valence-electron chi connectivity index (χ4n) is 2.40.